The molecular weight excluding hydrogens is 322 g/mol. The van der Waals surface area contributed by atoms with Gasteiger partial charge in [-0.15, -0.1) is 0 Å². The molecule has 0 bridgehead atoms. The van der Waals surface area contributed by atoms with Crippen molar-refractivity contribution in [2.24, 2.45) is 0 Å². The Labute approximate surface area is 107 Å². The molecule has 15 heavy (non-hydrogen) atoms. The molecule has 1 unspecified atom stereocenters. The summed E-state index contributed by atoms with van der Waals surface area (Å²) in [6.45, 7) is 3.93. The second-order valence-electron chi connectivity index (χ2n) is 3.32. The number of halogens is 2. The summed E-state index contributed by atoms with van der Waals surface area (Å²) in [6, 6.07) is 5.79. The van der Waals surface area contributed by atoms with Crippen LogP contribution in [0.15, 0.2) is 22.7 Å². The Morgan fingerprint density at radius 3 is 2.73 bits per heavy atom. The maximum absolute atomic E-state index is 11.6. The van der Waals surface area contributed by atoms with Gasteiger partial charge < -0.3 is 5.32 Å². The summed E-state index contributed by atoms with van der Waals surface area (Å²) in [5.74, 6) is 0.00271. The zero-order chi connectivity index (χ0) is 11.4. The molecule has 0 fully saturated rings. The van der Waals surface area contributed by atoms with Gasteiger partial charge in [0, 0.05) is 10.2 Å². The second-order valence-corrected chi connectivity index (χ2v) is 5.35. The number of amides is 1. The Balaban J connectivity index is 2.77. The van der Waals surface area contributed by atoms with E-state index in [9.17, 15) is 4.79 Å². The molecule has 1 aromatic carbocycles. The van der Waals surface area contributed by atoms with Gasteiger partial charge >= 0.3 is 0 Å². The van der Waals surface area contributed by atoms with Crippen molar-refractivity contribution in [2.45, 2.75) is 25.1 Å². The van der Waals surface area contributed by atoms with Crippen molar-refractivity contribution in [3.05, 3.63) is 28.2 Å². The van der Waals surface area contributed by atoms with Crippen LogP contribution >= 0.6 is 31.9 Å². The maximum Gasteiger partial charge on any atom is 0.238 e. The Morgan fingerprint density at radius 2 is 2.20 bits per heavy atom. The lowest BCUT2D eigenvalue weighted by atomic mass is 10.2. The Morgan fingerprint density at radius 1 is 1.53 bits per heavy atom. The molecule has 0 aliphatic rings. The summed E-state index contributed by atoms with van der Waals surface area (Å²) < 4.78 is 1.02. The van der Waals surface area contributed by atoms with Crippen LogP contribution in [0.2, 0.25) is 0 Å². The summed E-state index contributed by atoms with van der Waals surface area (Å²) in [4.78, 5) is 11.5. The quantitative estimate of drug-likeness (QED) is 0.835. The highest BCUT2D eigenvalue weighted by molar-refractivity contribution is 9.10. The highest BCUT2D eigenvalue weighted by Gasteiger charge is 2.12. The molecule has 1 rings (SSSR count). The number of anilines is 1. The van der Waals surface area contributed by atoms with Gasteiger partial charge in [0.2, 0.25) is 5.91 Å². The van der Waals surface area contributed by atoms with Gasteiger partial charge in [0.05, 0.1) is 4.83 Å². The molecule has 0 radical (unpaired) electrons. The lowest BCUT2D eigenvalue weighted by molar-refractivity contribution is -0.115. The zero-order valence-electron chi connectivity index (χ0n) is 8.68. The van der Waals surface area contributed by atoms with Gasteiger partial charge in [-0.3, -0.25) is 4.79 Å². The Bertz CT molecular complexity index is 366. The van der Waals surface area contributed by atoms with Crippen LogP contribution in [0.25, 0.3) is 0 Å². The number of benzene rings is 1. The highest BCUT2D eigenvalue weighted by atomic mass is 79.9. The van der Waals surface area contributed by atoms with Crippen LogP contribution in [0.1, 0.15) is 18.9 Å². The van der Waals surface area contributed by atoms with Crippen molar-refractivity contribution >= 4 is 43.5 Å². The molecule has 0 saturated heterocycles. The number of hydrogen-bond donors (Lipinski definition) is 1. The molecule has 0 aromatic heterocycles. The van der Waals surface area contributed by atoms with E-state index in [4.69, 9.17) is 0 Å². The fourth-order valence-corrected chi connectivity index (χ4v) is 1.75. The Hall–Kier alpha value is -0.350. The fraction of sp³-hybridized carbons (Fsp3) is 0.364. The van der Waals surface area contributed by atoms with E-state index in [0.29, 0.717) is 0 Å². The molecule has 1 atom stereocenters. The lowest BCUT2D eigenvalue weighted by Crippen LogP contribution is -2.22. The van der Waals surface area contributed by atoms with E-state index in [0.717, 1.165) is 22.1 Å². The SMILES string of the molecule is CCC(Br)C(=O)Nc1ccc(Br)cc1C. The van der Waals surface area contributed by atoms with E-state index in [-0.39, 0.29) is 10.7 Å². The number of nitrogens with one attached hydrogen (secondary N) is 1. The molecule has 1 amide bonds. The van der Waals surface area contributed by atoms with Crippen LogP contribution in [-0.4, -0.2) is 10.7 Å². The van der Waals surface area contributed by atoms with Crippen molar-refractivity contribution in [1.29, 1.82) is 0 Å². The monoisotopic (exact) mass is 333 g/mol. The molecule has 0 saturated carbocycles. The van der Waals surface area contributed by atoms with Gasteiger partial charge in [-0.05, 0) is 37.1 Å². The first-order chi connectivity index (χ1) is 7.04. The van der Waals surface area contributed by atoms with Gasteiger partial charge in [0.25, 0.3) is 0 Å². The summed E-state index contributed by atoms with van der Waals surface area (Å²) in [6.07, 6.45) is 0.779. The normalized spacial score (nSPS) is 12.3. The third kappa shape index (κ3) is 3.61. The maximum atomic E-state index is 11.6. The van der Waals surface area contributed by atoms with E-state index in [1.165, 1.54) is 0 Å². The zero-order valence-corrected chi connectivity index (χ0v) is 11.9. The van der Waals surface area contributed by atoms with Crippen molar-refractivity contribution in [3.8, 4) is 0 Å². The average molecular weight is 335 g/mol. The first kappa shape index (κ1) is 12.7. The van der Waals surface area contributed by atoms with E-state index in [1.807, 2.05) is 32.0 Å². The third-order valence-corrected chi connectivity index (χ3v) is 3.65. The molecule has 0 spiro atoms. The van der Waals surface area contributed by atoms with E-state index >= 15 is 0 Å². The highest BCUT2D eigenvalue weighted by Crippen LogP contribution is 2.20. The molecule has 82 valence electrons. The number of hydrogen-bond acceptors (Lipinski definition) is 1. The van der Waals surface area contributed by atoms with Crippen LogP contribution in [0.4, 0.5) is 5.69 Å². The minimum absolute atomic E-state index is 0.00271. The molecule has 0 heterocycles. The topological polar surface area (TPSA) is 29.1 Å². The lowest BCUT2D eigenvalue weighted by Gasteiger charge is -2.11. The molecule has 0 aliphatic carbocycles. The van der Waals surface area contributed by atoms with Crippen LogP contribution in [-0.2, 0) is 4.79 Å². The van der Waals surface area contributed by atoms with Gasteiger partial charge in [0.1, 0.15) is 0 Å². The number of alkyl halides is 1. The largest absolute Gasteiger partial charge is 0.325 e. The number of carbonyl (C=O) groups excluding carboxylic acids is 1. The van der Waals surface area contributed by atoms with Gasteiger partial charge in [-0.1, -0.05) is 38.8 Å². The van der Waals surface area contributed by atoms with Crippen molar-refractivity contribution in [2.75, 3.05) is 5.32 Å². The van der Waals surface area contributed by atoms with Crippen molar-refractivity contribution in [3.63, 3.8) is 0 Å². The van der Waals surface area contributed by atoms with E-state index < -0.39 is 0 Å². The number of rotatable bonds is 3. The first-order valence-corrected chi connectivity index (χ1v) is 6.46. The molecular formula is C11H13Br2NO. The minimum Gasteiger partial charge on any atom is -0.325 e. The van der Waals surface area contributed by atoms with Crippen LogP contribution in [0, 0.1) is 6.92 Å². The van der Waals surface area contributed by atoms with Crippen LogP contribution < -0.4 is 5.32 Å². The summed E-state index contributed by atoms with van der Waals surface area (Å²) in [5, 5.41) is 2.88. The Kier molecular flexibility index (Phi) is 4.80. The van der Waals surface area contributed by atoms with Gasteiger partial charge in [0.15, 0.2) is 0 Å². The van der Waals surface area contributed by atoms with E-state index in [1.54, 1.807) is 0 Å². The number of carbonyl (C=O) groups is 1. The van der Waals surface area contributed by atoms with Gasteiger partial charge in [-0.2, -0.15) is 0 Å². The summed E-state index contributed by atoms with van der Waals surface area (Å²) >= 11 is 6.70. The molecule has 1 N–H and O–H groups in total. The molecule has 2 nitrogen and oxygen atoms in total. The smallest absolute Gasteiger partial charge is 0.238 e. The molecule has 0 aliphatic heterocycles. The molecule has 1 aromatic rings. The van der Waals surface area contributed by atoms with Crippen LogP contribution in [0.5, 0.6) is 0 Å². The van der Waals surface area contributed by atoms with Crippen LogP contribution in [0.3, 0.4) is 0 Å². The van der Waals surface area contributed by atoms with Gasteiger partial charge in [-0.25, -0.2) is 0 Å². The second kappa shape index (κ2) is 5.66. The minimum atomic E-state index is -0.124. The van der Waals surface area contributed by atoms with Crippen molar-refractivity contribution in [1.82, 2.24) is 0 Å². The first-order valence-electron chi connectivity index (χ1n) is 4.75. The van der Waals surface area contributed by atoms with E-state index in [2.05, 4.69) is 37.2 Å². The average Bonchev–Trinajstić information content (AvgIpc) is 2.20. The third-order valence-electron chi connectivity index (χ3n) is 2.09. The fourth-order valence-electron chi connectivity index (χ4n) is 1.16. The predicted molar refractivity (Wildman–Crippen MR) is 70.5 cm³/mol. The molecule has 4 heteroatoms. The standard InChI is InChI=1S/C11H13Br2NO/c1-3-9(13)11(15)14-10-5-4-8(12)6-7(10)2/h4-6,9H,3H2,1-2H3,(H,14,15). The summed E-state index contributed by atoms with van der Waals surface area (Å²) in [5.41, 5.74) is 1.91. The van der Waals surface area contributed by atoms with Crippen molar-refractivity contribution < 1.29 is 4.79 Å². The number of aryl methyl sites for hydroxylation is 1. The summed E-state index contributed by atoms with van der Waals surface area (Å²) in [7, 11) is 0. The predicted octanol–water partition coefficient (Wildman–Crippen LogP) is 3.87.